The maximum absolute atomic E-state index is 11.8. The molecule has 0 aliphatic heterocycles. The molecule has 0 saturated heterocycles. The first-order valence-electron chi connectivity index (χ1n) is 5.22. The first-order valence-corrected chi connectivity index (χ1v) is 5.22. The maximum atomic E-state index is 11.8. The van der Waals surface area contributed by atoms with E-state index in [1.807, 2.05) is 0 Å². The van der Waals surface area contributed by atoms with Crippen LogP contribution in [0.15, 0.2) is 41.3 Å². The molecule has 0 aliphatic rings. The fourth-order valence-electron chi connectivity index (χ4n) is 1.50. The van der Waals surface area contributed by atoms with E-state index in [1.54, 1.807) is 37.4 Å². The molecule has 0 spiro atoms. The fourth-order valence-corrected chi connectivity index (χ4v) is 1.50. The van der Waals surface area contributed by atoms with Gasteiger partial charge in [0.1, 0.15) is 5.82 Å². The van der Waals surface area contributed by atoms with Crippen molar-refractivity contribution in [2.24, 2.45) is 0 Å². The molecule has 5 nitrogen and oxygen atoms in total. The van der Waals surface area contributed by atoms with Gasteiger partial charge in [-0.1, -0.05) is 6.07 Å². The molecule has 1 unspecified atom stereocenters. The lowest BCUT2D eigenvalue weighted by molar-refractivity contribution is 0.194. The van der Waals surface area contributed by atoms with Crippen LogP contribution < -0.4 is 11.3 Å². The van der Waals surface area contributed by atoms with Gasteiger partial charge in [-0.3, -0.25) is 9.36 Å². The summed E-state index contributed by atoms with van der Waals surface area (Å²) in [5.74, 6) is 0.445. The second-order valence-corrected chi connectivity index (χ2v) is 3.74. The van der Waals surface area contributed by atoms with Crippen LogP contribution in [0.2, 0.25) is 0 Å². The average Bonchev–Trinajstić information content (AvgIpc) is 2.33. The Bertz CT molecular complexity index is 590. The van der Waals surface area contributed by atoms with Crippen LogP contribution in [0.1, 0.15) is 18.7 Å². The summed E-state index contributed by atoms with van der Waals surface area (Å²) in [4.78, 5) is 16.0. The zero-order chi connectivity index (χ0) is 12.4. The number of hydrogen-bond acceptors (Lipinski definition) is 4. The summed E-state index contributed by atoms with van der Waals surface area (Å²) in [5.41, 5.74) is 5.90. The summed E-state index contributed by atoms with van der Waals surface area (Å²) in [7, 11) is 0. The largest absolute Gasteiger partial charge is 0.394 e. The van der Waals surface area contributed by atoms with Crippen LogP contribution in [0.3, 0.4) is 0 Å². The minimum Gasteiger partial charge on any atom is -0.394 e. The molecule has 2 aromatic heterocycles. The van der Waals surface area contributed by atoms with Crippen LogP contribution in [-0.2, 0) is 0 Å². The number of aliphatic hydroxyl groups excluding tert-OH is 1. The van der Waals surface area contributed by atoms with E-state index in [0.29, 0.717) is 11.5 Å². The Hall–Kier alpha value is -2.14. The van der Waals surface area contributed by atoms with Crippen molar-refractivity contribution < 1.29 is 5.11 Å². The Morgan fingerprint density at radius 2 is 2.12 bits per heavy atom. The molecule has 0 amide bonds. The molecule has 88 valence electrons. The van der Waals surface area contributed by atoms with E-state index in [4.69, 9.17) is 5.73 Å². The van der Waals surface area contributed by atoms with Gasteiger partial charge in [-0.25, -0.2) is 4.98 Å². The van der Waals surface area contributed by atoms with Crippen LogP contribution in [0, 0.1) is 0 Å². The van der Waals surface area contributed by atoms with Crippen LogP contribution in [0.5, 0.6) is 0 Å². The van der Waals surface area contributed by atoms with Crippen molar-refractivity contribution in [1.82, 2.24) is 9.55 Å². The van der Waals surface area contributed by atoms with Crippen molar-refractivity contribution in [2.75, 3.05) is 5.73 Å². The monoisotopic (exact) mass is 231 g/mol. The number of nitrogens with zero attached hydrogens (tertiary/aromatic N) is 2. The van der Waals surface area contributed by atoms with E-state index in [2.05, 4.69) is 4.98 Å². The maximum Gasteiger partial charge on any atom is 0.279 e. The Balaban J connectivity index is 2.57. The Labute approximate surface area is 98.2 Å². The average molecular weight is 231 g/mol. The summed E-state index contributed by atoms with van der Waals surface area (Å²) in [6.07, 6.45) is 0.916. The number of pyridine rings is 2. The van der Waals surface area contributed by atoms with E-state index < -0.39 is 6.10 Å². The molecule has 0 aliphatic carbocycles. The van der Waals surface area contributed by atoms with Crippen LogP contribution >= 0.6 is 0 Å². The molecule has 2 rings (SSSR count). The number of aliphatic hydroxyl groups is 1. The predicted molar refractivity (Wildman–Crippen MR) is 64.9 cm³/mol. The van der Waals surface area contributed by atoms with Gasteiger partial charge < -0.3 is 10.8 Å². The molecule has 0 fully saturated rings. The summed E-state index contributed by atoms with van der Waals surface area (Å²) < 4.78 is 1.35. The van der Waals surface area contributed by atoms with Gasteiger partial charge >= 0.3 is 0 Å². The summed E-state index contributed by atoms with van der Waals surface area (Å²) in [6.45, 7) is 1.62. The van der Waals surface area contributed by atoms with Gasteiger partial charge in [0.05, 0.1) is 17.5 Å². The molecule has 0 saturated carbocycles. The summed E-state index contributed by atoms with van der Waals surface area (Å²) in [5, 5.41) is 9.44. The molecule has 2 heterocycles. The second-order valence-electron chi connectivity index (χ2n) is 3.74. The fraction of sp³-hybridized carbons (Fsp3) is 0.167. The van der Waals surface area contributed by atoms with Crippen LogP contribution in [0.25, 0.3) is 5.82 Å². The van der Waals surface area contributed by atoms with E-state index in [1.165, 1.54) is 10.6 Å². The van der Waals surface area contributed by atoms with Gasteiger partial charge in [-0.15, -0.1) is 0 Å². The molecular formula is C12H13N3O2. The zero-order valence-electron chi connectivity index (χ0n) is 9.37. The van der Waals surface area contributed by atoms with Crippen molar-refractivity contribution in [3.8, 4) is 5.82 Å². The van der Waals surface area contributed by atoms with E-state index in [9.17, 15) is 9.90 Å². The SMILES string of the molecule is CC(O)c1cccc(-n2cccc(N)c2=O)n1. The number of nitrogens with two attached hydrogens (primary N) is 1. The van der Waals surface area contributed by atoms with Gasteiger partial charge in [0, 0.05) is 6.20 Å². The minimum absolute atomic E-state index is 0.164. The molecule has 17 heavy (non-hydrogen) atoms. The third-order valence-corrected chi connectivity index (χ3v) is 2.41. The smallest absolute Gasteiger partial charge is 0.279 e. The second kappa shape index (κ2) is 4.39. The molecule has 5 heteroatoms. The van der Waals surface area contributed by atoms with Gasteiger partial charge in [0.15, 0.2) is 0 Å². The zero-order valence-corrected chi connectivity index (χ0v) is 9.37. The molecule has 0 bridgehead atoms. The van der Waals surface area contributed by atoms with E-state index in [-0.39, 0.29) is 11.2 Å². The lowest BCUT2D eigenvalue weighted by atomic mass is 10.2. The highest BCUT2D eigenvalue weighted by Gasteiger charge is 2.06. The number of rotatable bonds is 2. The molecular weight excluding hydrogens is 218 g/mol. The van der Waals surface area contributed by atoms with Crippen molar-refractivity contribution in [2.45, 2.75) is 13.0 Å². The van der Waals surface area contributed by atoms with Crippen molar-refractivity contribution in [3.63, 3.8) is 0 Å². The quantitative estimate of drug-likeness (QED) is 0.803. The lowest BCUT2D eigenvalue weighted by Crippen LogP contribution is -2.21. The molecule has 0 aromatic carbocycles. The van der Waals surface area contributed by atoms with E-state index >= 15 is 0 Å². The molecule has 0 radical (unpaired) electrons. The standard InChI is InChI=1S/C12H13N3O2/c1-8(16)10-5-2-6-11(14-10)15-7-3-4-9(13)12(15)17/h2-8,16H,13H2,1H3. The minimum atomic E-state index is -0.674. The number of aromatic nitrogens is 2. The molecule has 2 aromatic rings. The predicted octanol–water partition coefficient (Wildman–Crippen LogP) is 0.868. The van der Waals surface area contributed by atoms with Crippen LogP contribution in [-0.4, -0.2) is 14.7 Å². The van der Waals surface area contributed by atoms with Crippen LogP contribution in [0.4, 0.5) is 5.69 Å². The number of nitrogen functional groups attached to an aromatic ring is 1. The van der Waals surface area contributed by atoms with E-state index in [0.717, 1.165) is 0 Å². The Morgan fingerprint density at radius 3 is 2.82 bits per heavy atom. The highest BCUT2D eigenvalue weighted by Crippen LogP contribution is 2.11. The highest BCUT2D eigenvalue weighted by molar-refractivity contribution is 5.37. The Kier molecular flexibility index (Phi) is 2.93. The Morgan fingerprint density at radius 1 is 1.35 bits per heavy atom. The third kappa shape index (κ3) is 2.19. The number of hydrogen-bond donors (Lipinski definition) is 2. The third-order valence-electron chi connectivity index (χ3n) is 2.41. The topological polar surface area (TPSA) is 81.1 Å². The van der Waals surface area contributed by atoms with Crippen molar-refractivity contribution >= 4 is 5.69 Å². The van der Waals surface area contributed by atoms with Gasteiger partial charge in [-0.05, 0) is 31.2 Å². The first-order chi connectivity index (χ1) is 8.09. The van der Waals surface area contributed by atoms with Gasteiger partial charge in [0.25, 0.3) is 5.56 Å². The van der Waals surface area contributed by atoms with Gasteiger partial charge in [-0.2, -0.15) is 0 Å². The summed E-state index contributed by atoms with van der Waals surface area (Å²) >= 11 is 0. The first kappa shape index (κ1) is 11.3. The molecule has 1 atom stereocenters. The normalized spacial score (nSPS) is 12.4. The van der Waals surface area contributed by atoms with Gasteiger partial charge in [0.2, 0.25) is 0 Å². The van der Waals surface area contributed by atoms with Crippen molar-refractivity contribution in [3.05, 3.63) is 52.6 Å². The highest BCUT2D eigenvalue weighted by atomic mass is 16.3. The molecule has 3 N–H and O–H groups in total. The van der Waals surface area contributed by atoms with Crippen molar-refractivity contribution in [1.29, 1.82) is 0 Å². The summed E-state index contributed by atoms with van der Waals surface area (Å²) in [6, 6.07) is 8.34. The lowest BCUT2D eigenvalue weighted by Gasteiger charge is -2.08. The number of anilines is 1.